The Morgan fingerprint density at radius 2 is 2.17 bits per heavy atom. The number of carbonyl (C=O) groups is 1. The average Bonchev–Trinajstić information content (AvgIpc) is 2.03. The Morgan fingerprint density at radius 3 is 2.83 bits per heavy atom. The van der Waals surface area contributed by atoms with Gasteiger partial charge in [-0.2, -0.15) is 0 Å². The maximum absolute atomic E-state index is 10.8. The van der Waals surface area contributed by atoms with Crippen LogP contribution in [0.4, 0.5) is 0 Å². The highest BCUT2D eigenvalue weighted by Gasteiger charge is 2.32. The van der Waals surface area contributed by atoms with E-state index >= 15 is 0 Å². The number of fused-ring (bicyclic) bond motifs is 2. The summed E-state index contributed by atoms with van der Waals surface area (Å²) in [5.74, 6) is 0.534. The van der Waals surface area contributed by atoms with Gasteiger partial charge in [-0.15, -0.1) is 0 Å². The van der Waals surface area contributed by atoms with Crippen LogP contribution >= 0.6 is 0 Å². The van der Waals surface area contributed by atoms with Crippen molar-refractivity contribution in [3.8, 4) is 0 Å². The van der Waals surface area contributed by atoms with Crippen LogP contribution in [0.25, 0.3) is 0 Å². The number of carboxylic acids is 1. The van der Waals surface area contributed by atoms with Crippen LogP contribution in [0.1, 0.15) is 25.7 Å². The van der Waals surface area contributed by atoms with Gasteiger partial charge in [0.1, 0.15) is 0 Å². The Balaban J connectivity index is 2.07. The molecule has 66 valence electrons. The van der Waals surface area contributed by atoms with Gasteiger partial charge in [0, 0.05) is 0 Å². The average molecular weight is 166 g/mol. The van der Waals surface area contributed by atoms with Gasteiger partial charge in [0.2, 0.25) is 0 Å². The third kappa shape index (κ3) is 1.38. The molecule has 1 fully saturated rings. The second kappa shape index (κ2) is 2.92. The second-order valence-electron chi connectivity index (χ2n) is 4.03. The van der Waals surface area contributed by atoms with E-state index in [0.717, 1.165) is 19.3 Å². The molecule has 0 aliphatic heterocycles. The van der Waals surface area contributed by atoms with E-state index in [2.05, 4.69) is 12.2 Å². The molecule has 0 spiro atoms. The zero-order valence-electron chi connectivity index (χ0n) is 7.07. The van der Waals surface area contributed by atoms with Crippen molar-refractivity contribution in [2.75, 3.05) is 0 Å². The number of carboxylic acid groups (broad SMARTS) is 1. The molecule has 0 heterocycles. The minimum Gasteiger partial charge on any atom is -0.481 e. The van der Waals surface area contributed by atoms with Crippen LogP contribution in [0.5, 0.6) is 0 Å². The number of hydrogen-bond donors (Lipinski definition) is 1. The van der Waals surface area contributed by atoms with Crippen molar-refractivity contribution in [2.45, 2.75) is 25.7 Å². The lowest BCUT2D eigenvalue weighted by Crippen LogP contribution is -2.28. The first-order valence-corrected chi connectivity index (χ1v) is 4.65. The van der Waals surface area contributed by atoms with Gasteiger partial charge in [0.25, 0.3) is 0 Å². The lowest BCUT2D eigenvalue weighted by molar-refractivity contribution is -0.143. The minimum atomic E-state index is -0.597. The van der Waals surface area contributed by atoms with Gasteiger partial charge in [0.15, 0.2) is 0 Å². The summed E-state index contributed by atoms with van der Waals surface area (Å²) in [5.41, 5.74) is 0. The van der Waals surface area contributed by atoms with E-state index < -0.39 is 5.97 Å². The predicted octanol–water partition coefficient (Wildman–Crippen LogP) is 2.06. The molecule has 2 rings (SSSR count). The van der Waals surface area contributed by atoms with Crippen molar-refractivity contribution >= 4 is 5.97 Å². The van der Waals surface area contributed by atoms with E-state index in [0.29, 0.717) is 11.8 Å². The first-order valence-electron chi connectivity index (χ1n) is 4.65. The molecule has 2 aliphatic carbocycles. The lowest BCUT2D eigenvalue weighted by Gasteiger charge is -2.33. The molecule has 2 heteroatoms. The topological polar surface area (TPSA) is 37.3 Å². The molecule has 0 aromatic rings. The van der Waals surface area contributed by atoms with E-state index in [-0.39, 0.29) is 5.92 Å². The lowest BCUT2D eigenvalue weighted by atomic mass is 9.71. The van der Waals surface area contributed by atoms with Crippen molar-refractivity contribution in [3.63, 3.8) is 0 Å². The molecule has 0 unspecified atom stereocenters. The fraction of sp³-hybridized carbons (Fsp3) is 0.700. The van der Waals surface area contributed by atoms with E-state index in [9.17, 15) is 4.79 Å². The summed E-state index contributed by atoms with van der Waals surface area (Å²) in [6, 6.07) is 0. The third-order valence-electron chi connectivity index (χ3n) is 3.07. The van der Waals surface area contributed by atoms with Gasteiger partial charge < -0.3 is 5.11 Å². The van der Waals surface area contributed by atoms with Gasteiger partial charge >= 0.3 is 5.97 Å². The predicted molar refractivity (Wildman–Crippen MR) is 45.7 cm³/mol. The van der Waals surface area contributed by atoms with E-state index in [1.54, 1.807) is 0 Å². The normalized spacial score (nSPS) is 39.5. The second-order valence-corrected chi connectivity index (χ2v) is 4.03. The Hall–Kier alpha value is -0.790. The number of aliphatic carboxylic acids is 1. The molecule has 0 amide bonds. The smallest absolute Gasteiger partial charge is 0.306 e. The van der Waals surface area contributed by atoms with Gasteiger partial charge in [-0.05, 0) is 37.5 Å². The highest BCUT2D eigenvalue weighted by Crippen LogP contribution is 2.39. The van der Waals surface area contributed by atoms with E-state index in [4.69, 9.17) is 5.11 Å². The van der Waals surface area contributed by atoms with Gasteiger partial charge in [0.05, 0.1) is 5.92 Å². The highest BCUT2D eigenvalue weighted by atomic mass is 16.4. The number of rotatable bonds is 1. The Labute approximate surface area is 72.3 Å². The molecule has 0 saturated heterocycles. The molecule has 0 aromatic heterocycles. The summed E-state index contributed by atoms with van der Waals surface area (Å²) in [6.45, 7) is 0. The maximum Gasteiger partial charge on any atom is 0.306 e. The molecule has 0 radical (unpaired) electrons. The van der Waals surface area contributed by atoms with Crippen molar-refractivity contribution < 1.29 is 9.90 Å². The van der Waals surface area contributed by atoms with Crippen LogP contribution in [0.3, 0.4) is 0 Å². The molecule has 1 N–H and O–H groups in total. The zero-order valence-corrected chi connectivity index (χ0v) is 7.07. The molecule has 2 bridgehead atoms. The highest BCUT2D eigenvalue weighted by molar-refractivity contribution is 5.70. The van der Waals surface area contributed by atoms with Crippen molar-refractivity contribution in [1.29, 1.82) is 0 Å². The monoisotopic (exact) mass is 166 g/mol. The Kier molecular flexibility index (Phi) is 1.91. The molecule has 1 saturated carbocycles. The standard InChI is InChI=1S/C10H14O2/c11-10(12)9-5-7-2-1-3-8(4-7)6-9/h1-2,7-9H,3-6H2,(H,11,12)/t7-,8+,9-/m0/s1. The summed E-state index contributed by atoms with van der Waals surface area (Å²) < 4.78 is 0. The third-order valence-corrected chi connectivity index (χ3v) is 3.07. The van der Waals surface area contributed by atoms with Gasteiger partial charge in [-0.1, -0.05) is 12.2 Å². The summed E-state index contributed by atoms with van der Waals surface area (Å²) in [6.07, 6.45) is 8.50. The largest absolute Gasteiger partial charge is 0.481 e. The van der Waals surface area contributed by atoms with Crippen molar-refractivity contribution in [2.24, 2.45) is 17.8 Å². The summed E-state index contributed by atoms with van der Waals surface area (Å²) in [5, 5.41) is 8.87. The molecular weight excluding hydrogens is 152 g/mol. The van der Waals surface area contributed by atoms with Crippen LogP contribution in [-0.2, 0) is 4.79 Å². The molecular formula is C10H14O2. The quantitative estimate of drug-likeness (QED) is 0.605. The minimum absolute atomic E-state index is 0.0706. The Bertz CT molecular complexity index is 220. The van der Waals surface area contributed by atoms with E-state index in [1.807, 2.05) is 0 Å². The summed E-state index contributed by atoms with van der Waals surface area (Å²) in [7, 11) is 0. The van der Waals surface area contributed by atoms with Gasteiger partial charge in [-0.3, -0.25) is 4.79 Å². The molecule has 12 heavy (non-hydrogen) atoms. The van der Waals surface area contributed by atoms with Crippen molar-refractivity contribution in [1.82, 2.24) is 0 Å². The number of hydrogen-bond acceptors (Lipinski definition) is 1. The molecule has 0 aromatic carbocycles. The fourth-order valence-electron chi connectivity index (χ4n) is 2.50. The first kappa shape index (κ1) is 7.84. The zero-order chi connectivity index (χ0) is 8.55. The summed E-state index contributed by atoms with van der Waals surface area (Å²) in [4.78, 5) is 10.8. The van der Waals surface area contributed by atoms with Crippen LogP contribution in [-0.4, -0.2) is 11.1 Å². The fourth-order valence-corrected chi connectivity index (χ4v) is 2.50. The molecule has 2 nitrogen and oxygen atoms in total. The molecule has 2 aliphatic rings. The SMILES string of the molecule is O=C(O)[C@H]1C[C@H]2C=CC[C@H](C2)C1. The summed E-state index contributed by atoms with van der Waals surface area (Å²) >= 11 is 0. The first-order chi connectivity index (χ1) is 5.75. The molecule has 3 atom stereocenters. The maximum atomic E-state index is 10.8. The van der Waals surface area contributed by atoms with Crippen LogP contribution < -0.4 is 0 Å². The van der Waals surface area contributed by atoms with Crippen LogP contribution in [0.2, 0.25) is 0 Å². The van der Waals surface area contributed by atoms with Crippen LogP contribution in [0, 0.1) is 17.8 Å². The van der Waals surface area contributed by atoms with Gasteiger partial charge in [-0.25, -0.2) is 0 Å². The van der Waals surface area contributed by atoms with Crippen molar-refractivity contribution in [3.05, 3.63) is 12.2 Å². The van der Waals surface area contributed by atoms with Crippen LogP contribution in [0.15, 0.2) is 12.2 Å². The van der Waals surface area contributed by atoms with E-state index in [1.165, 1.54) is 6.42 Å². The number of allylic oxidation sites excluding steroid dienone is 2. The Morgan fingerprint density at radius 1 is 1.33 bits per heavy atom.